The second kappa shape index (κ2) is 6.77. The first-order chi connectivity index (χ1) is 12.8. The van der Waals surface area contributed by atoms with Gasteiger partial charge in [-0.15, -0.1) is 0 Å². The predicted octanol–water partition coefficient (Wildman–Crippen LogP) is 6.10. The van der Waals surface area contributed by atoms with E-state index in [0.29, 0.717) is 0 Å². The number of benzene rings is 4. The molecule has 126 valence electrons. The molecule has 0 fully saturated rings. The molecule has 0 heterocycles. The molecule has 4 aromatic rings. The van der Waals surface area contributed by atoms with Crippen molar-refractivity contribution in [1.29, 1.82) is 0 Å². The first-order valence-corrected chi connectivity index (χ1v) is 8.51. The van der Waals surface area contributed by atoms with Gasteiger partial charge in [0.25, 0.3) is 0 Å². The smallest absolute Gasteiger partial charge is 0.124 e. The Bertz CT molecular complexity index is 951. The van der Waals surface area contributed by atoms with Crippen molar-refractivity contribution in [3.63, 3.8) is 0 Å². The molecule has 0 aromatic heterocycles. The highest BCUT2D eigenvalue weighted by Crippen LogP contribution is 2.44. The van der Waals surface area contributed by atoms with E-state index in [1.807, 2.05) is 84.9 Å². The molecule has 26 heavy (non-hydrogen) atoms. The SMILES string of the molecule is Oc1cccc(-c2cccc(O)c2-c2ccccc2)c1-c1ccccc1. The summed E-state index contributed by atoms with van der Waals surface area (Å²) in [5.74, 6) is 0.437. The van der Waals surface area contributed by atoms with Gasteiger partial charge < -0.3 is 10.2 Å². The normalized spacial score (nSPS) is 10.6. The maximum absolute atomic E-state index is 10.6. The Balaban J connectivity index is 2.02. The topological polar surface area (TPSA) is 40.5 Å². The number of aromatic hydroxyl groups is 2. The molecule has 4 aromatic carbocycles. The average molecular weight is 338 g/mol. The van der Waals surface area contributed by atoms with Crippen LogP contribution in [-0.2, 0) is 0 Å². The van der Waals surface area contributed by atoms with Crippen LogP contribution in [0.2, 0.25) is 0 Å². The largest absolute Gasteiger partial charge is 0.507 e. The highest BCUT2D eigenvalue weighted by molar-refractivity contribution is 5.95. The number of hydrogen-bond donors (Lipinski definition) is 2. The standard InChI is InChI=1S/C24H18O2/c25-21-15-7-13-19(23(21)17-9-3-1-4-10-17)20-14-8-16-22(26)24(20)18-11-5-2-6-12-18/h1-16,25-26H. The van der Waals surface area contributed by atoms with Gasteiger partial charge in [-0.1, -0.05) is 84.9 Å². The summed E-state index contributed by atoms with van der Waals surface area (Å²) in [6.07, 6.45) is 0. The molecular formula is C24H18O2. The van der Waals surface area contributed by atoms with Crippen molar-refractivity contribution in [1.82, 2.24) is 0 Å². The Morgan fingerprint density at radius 1 is 0.385 bits per heavy atom. The lowest BCUT2D eigenvalue weighted by molar-refractivity contribution is 0.476. The summed E-state index contributed by atoms with van der Waals surface area (Å²) in [6.45, 7) is 0. The molecule has 0 spiro atoms. The summed E-state index contributed by atoms with van der Waals surface area (Å²) in [6, 6.07) is 30.6. The Kier molecular flexibility index (Phi) is 4.16. The third-order valence-corrected chi connectivity index (χ3v) is 4.50. The third-order valence-electron chi connectivity index (χ3n) is 4.50. The lowest BCUT2D eigenvalue weighted by atomic mass is 9.88. The maximum atomic E-state index is 10.6. The molecule has 0 aliphatic carbocycles. The van der Waals surface area contributed by atoms with Crippen molar-refractivity contribution >= 4 is 0 Å². The molecule has 0 radical (unpaired) electrons. The van der Waals surface area contributed by atoms with E-state index in [-0.39, 0.29) is 11.5 Å². The van der Waals surface area contributed by atoms with Gasteiger partial charge in [-0.05, 0) is 34.4 Å². The zero-order valence-electron chi connectivity index (χ0n) is 14.1. The van der Waals surface area contributed by atoms with E-state index >= 15 is 0 Å². The van der Waals surface area contributed by atoms with E-state index in [4.69, 9.17) is 0 Å². The van der Waals surface area contributed by atoms with E-state index in [1.54, 1.807) is 12.1 Å². The van der Waals surface area contributed by atoms with Gasteiger partial charge in [-0.25, -0.2) is 0 Å². The van der Waals surface area contributed by atoms with Gasteiger partial charge in [0.15, 0.2) is 0 Å². The van der Waals surface area contributed by atoms with Crippen LogP contribution in [0.15, 0.2) is 97.1 Å². The van der Waals surface area contributed by atoms with Crippen molar-refractivity contribution in [2.24, 2.45) is 0 Å². The second-order valence-electron chi connectivity index (χ2n) is 6.13. The molecule has 0 bridgehead atoms. The molecule has 2 heteroatoms. The average Bonchev–Trinajstić information content (AvgIpc) is 2.69. The van der Waals surface area contributed by atoms with Crippen molar-refractivity contribution in [2.75, 3.05) is 0 Å². The molecule has 2 nitrogen and oxygen atoms in total. The highest BCUT2D eigenvalue weighted by Gasteiger charge is 2.17. The van der Waals surface area contributed by atoms with Crippen LogP contribution in [0.4, 0.5) is 0 Å². The quantitative estimate of drug-likeness (QED) is 0.474. The summed E-state index contributed by atoms with van der Waals surface area (Å²) < 4.78 is 0. The van der Waals surface area contributed by atoms with Crippen LogP contribution < -0.4 is 0 Å². The minimum atomic E-state index is 0.219. The van der Waals surface area contributed by atoms with E-state index in [9.17, 15) is 10.2 Å². The van der Waals surface area contributed by atoms with Crippen LogP contribution in [0, 0.1) is 0 Å². The molecule has 4 rings (SSSR count). The predicted molar refractivity (Wildman–Crippen MR) is 106 cm³/mol. The van der Waals surface area contributed by atoms with Crippen molar-refractivity contribution in [2.45, 2.75) is 0 Å². The minimum absolute atomic E-state index is 0.219. The van der Waals surface area contributed by atoms with Crippen molar-refractivity contribution < 1.29 is 10.2 Å². The van der Waals surface area contributed by atoms with Crippen LogP contribution in [0.25, 0.3) is 33.4 Å². The lowest BCUT2D eigenvalue weighted by Gasteiger charge is -2.17. The van der Waals surface area contributed by atoms with Gasteiger partial charge in [0.05, 0.1) is 0 Å². The summed E-state index contributed by atoms with van der Waals surface area (Å²) in [4.78, 5) is 0. The molecule has 0 aliphatic rings. The Hall–Kier alpha value is -3.52. The Morgan fingerprint density at radius 2 is 0.769 bits per heavy atom. The Labute approximate surface area is 152 Å². The zero-order chi connectivity index (χ0) is 17.9. The number of hydrogen-bond acceptors (Lipinski definition) is 2. The molecule has 0 unspecified atom stereocenters. The van der Waals surface area contributed by atoms with Gasteiger partial charge in [0.1, 0.15) is 11.5 Å². The lowest BCUT2D eigenvalue weighted by Crippen LogP contribution is -1.90. The maximum Gasteiger partial charge on any atom is 0.124 e. The van der Waals surface area contributed by atoms with E-state index in [2.05, 4.69) is 0 Å². The minimum Gasteiger partial charge on any atom is -0.507 e. The number of phenolic OH excluding ortho intramolecular Hbond substituents is 2. The monoisotopic (exact) mass is 338 g/mol. The van der Waals surface area contributed by atoms with Crippen LogP contribution >= 0.6 is 0 Å². The summed E-state index contributed by atoms with van der Waals surface area (Å²) in [5.41, 5.74) is 5.15. The zero-order valence-corrected chi connectivity index (χ0v) is 14.1. The molecule has 0 saturated heterocycles. The summed E-state index contributed by atoms with van der Waals surface area (Å²) in [7, 11) is 0. The van der Waals surface area contributed by atoms with Gasteiger partial charge in [0, 0.05) is 11.1 Å². The second-order valence-corrected chi connectivity index (χ2v) is 6.13. The number of phenols is 2. The fourth-order valence-corrected chi connectivity index (χ4v) is 3.35. The van der Waals surface area contributed by atoms with E-state index in [1.165, 1.54) is 0 Å². The molecule has 2 N–H and O–H groups in total. The van der Waals surface area contributed by atoms with Crippen LogP contribution in [0.1, 0.15) is 0 Å². The highest BCUT2D eigenvalue weighted by atomic mass is 16.3. The first kappa shape index (κ1) is 16.0. The van der Waals surface area contributed by atoms with Gasteiger partial charge in [0.2, 0.25) is 0 Å². The Morgan fingerprint density at radius 3 is 1.15 bits per heavy atom. The van der Waals surface area contributed by atoms with Crippen molar-refractivity contribution in [3.05, 3.63) is 97.1 Å². The summed E-state index contributed by atoms with van der Waals surface area (Å²) in [5, 5.41) is 21.1. The third kappa shape index (κ3) is 2.82. The molecular weight excluding hydrogens is 320 g/mol. The van der Waals surface area contributed by atoms with Crippen LogP contribution in [-0.4, -0.2) is 10.2 Å². The van der Waals surface area contributed by atoms with Gasteiger partial charge in [-0.2, -0.15) is 0 Å². The molecule has 0 amide bonds. The van der Waals surface area contributed by atoms with Crippen LogP contribution in [0.5, 0.6) is 11.5 Å². The molecule has 0 saturated carbocycles. The van der Waals surface area contributed by atoms with Gasteiger partial charge in [-0.3, -0.25) is 0 Å². The van der Waals surface area contributed by atoms with E-state index in [0.717, 1.165) is 33.4 Å². The van der Waals surface area contributed by atoms with Crippen LogP contribution in [0.3, 0.4) is 0 Å². The molecule has 0 atom stereocenters. The molecule has 0 aliphatic heterocycles. The number of rotatable bonds is 3. The fraction of sp³-hybridized carbons (Fsp3) is 0. The fourth-order valence-electron chi connectivity index (χ4n) is 3.35. The van der Waals surface area contributed by atoms with E-state index < -0.39 is 0 Å². The summed E-state index contributed by atoms with van der Waals surface area (Å²) >= 11 is 0. The van der Waals surface area contributed by atoms with Gasteiger partial charge >= 0.3 is 0 Å². The van der Waals surface area contributed by atoms with Crippen molar-refractivity contribution in [3.8, 4) is 44.9 Å². The first-order valence-electron chi connectivity index (χ1n) is 8.51.